The van der Waals surface area contributed by atoms with E-state index in [2.05, 4.69) is 48.0 Å². The summed E-state index contributed by atoms with van der Waals surface area (Å²) in [5.74, 6) is 0.551. The van der Waals surface area contributed by atoms with Gasteiger partial charge in [0.1, 0.15) is 12.4 Å². The third-order valence-electron chi connectivity index (χ3n) is 4.64. The molecule has 0 saturated carbocycles. The smallest absolute Gasteiger partial charge is 0.349 e. The van der Waals surface area contributed by atoms with Gasteiger partial charge < -0.3 is 9.72 Å². The maximum atomic E-state index is 12.6. The minimum absolute atomic E-state index is 0.218. The minimum Gasteiger partial charge on any atom is -0.486 e. The van der Waals surface area contributed by atoms with Gasteiger partial charge in [0.05, 0.1) is 37.7 Å². The lowest BCUT2D eigenvalue weighted by Crippen LogP contribution is -2.32. The summed E-state index contributed by atoms with van der Waals surface area (Å²) in [5.41, 5.74) is 1.28. The summed E-state index contributed by atoms with van der Waals surface area (Å²) in [7, 11) is 0. The summed E-state index contributed by atoms with van der Waals surface area (Å²) < 4.78 is 7.97. The van der Waals surface area contributed by atoms with Crippen LogP contribution in [0.5, 0.6) is 5.75 Å². The molecule has 0 aliphatic carbocycles. The molecule has 4 aromatic rings. The number of nitrogens with zero attached hydrogens (tertiary/aromatic N) is 3. The molecule has 0 radical (unpaired) electrons. The second-order valence-electron chi connectivity index (χ2n) is 6.71. The highest BCUT2D eigenvalue weighted by molar-refractivity contribution is 9.11. The fourth-order valence-corrected chi connectivity index (χ4v) is 4.53. The first-order valence-electron chi connectivity index (χ1n) is 9.36. The van der Waals surface area contributed by atoms with E-state index in [9.17, 15) is 14.9 Å². The molecule has 0 bridgehead atoms. The van der Waals surface area contributed by atoms with Crippen LogP contribution in [-0.4, -0.2) is 15.9 Å². The summed E-state index contributed by atoms with van der Waals surface area (Å²) in [6, 6.07) is 19.6. The Bertz CT molecular complexity index is 1490. The molecule has 0 spiro atoms. The monoisotopic (exact) mass is 552 g/mol. The first-order chi connectivity index (χ1) is 15.5. The molecule has 0 unspecified atom stereocenters. The van der Waals surface area contributed by atoms with E-state index in [0.717, 1.165) is 10.2 Å². The van der Waals surface area contributed by atoms with Gasteiger partial charge in [0, 0.05) is 5.56 Å². The summed E-state index contributed by atoms with van der Waals surface area (Å²) in [5, 5.41) is 13.7. The highest BCUT2D eigenvalue weighted by Crippen LogP contribution is 2.35. The molecule has 7 nitrogen and oxygen atoms in total. The predicted octanol–water partition coefficient (Wildman–Crippen LogP) is 4.55. The zero-order chi connectivity index (χ0) is 22.7. The fourth-order valence-electron chi connectivity index (χ4n) is 3.08. The average Bonchev–Trinajstić information content (AvgIpc) is 2.78. The molecule has 32 heavy (non-hydrogen) atoms. The summed E-state index contributed by atoms with van der Waals surface area (Å²) >= 11 is 6.95. The Kier molecular flexibility index (Phi) is 6.35. The minimum atomic E-state index is -0.626. The normalized spacial score (nSPS) is 11.0. The summed E-state index contributed by atoms with van der Waals surface area (Å²) in [4.78, 5) is 27.5. The van der Waals surface area contributed by atoms with Crippen molar-refractivity contribution in [2.24, 2.45) is 5.10 Å². The first-order valence-corrected chi connectivity index (χ1v) is 10.9. The van der Waals surface area contributed by atoms with Crippen LogP contribution in [0.3, 0.4) is 0 Å². The van der Waals surface area contributed by atoms with Gasteiger partial charge in [0.15, 0.2) is 0 Å². The number of rotatable bonds is 5. The number of halogens is 2. The maximum Gasteiger partial charge on any atom is 0.349 e. The van der Waals surface area contributed by atoms with Gasteiger partial charge in [0.2, 0.25) is 0 Å². The molecule has 1 N–H and O–H groups in total. The number of hydrogen-bond acceptors (Lipinski definition) is 5. The molecule has 9 heteroatoms. The van der Waals surface area contributed by atoms with Crippen LogP contribution in [0.1, 0.15) is 16.7 Å². The molecule has 1 aromatic heterocycles. The van der Waals surface area contributed by atoms with Crippen LogP contribution >= 0.6 is 31.9 Å². The van der Waals surface area contributed by atoms with Gasteiger partial charge in [-0.15, -0.1) is 4.68 Å². The lowest BCUT2D eigenvalue weighted by Gasteiger charge is -2.12. The van der Waals surface area contributed by atoms with E-state index in [4.69, 9.17) is 4.74 Å². The van der Waals surface area contributed by atoms with Crippen molar-refractivity contribution in [2.75, 3.05) is 0 Å². The number of aromatic nitrogens is 2. The zero-order valence-electron chi connectivity index (χ0n) is 16.4. The van der Waals surface area contributed by atoms with Gasteiger partial charge in [0.25, 0.3) is 5.56 Å². The number of ether oxygens (including phenoxy) is 1. The quantitative estimate of drug-likeness (QED) is 0.366. The molecule has 0 saturated heterocycles. The molecule has 0 aliphatic rings. The van der Waals surface area contributed by atoms with Crippen LogP contribution < -0.4 is 16.0 Å². The fraction of sp³-hybridized carbons (Fsp3) is 0.0435. The van der Waals surface area contributed by atoms with Crippen LogP contribution in [0.4, 0.5) is 0 Å². The van der Waals surface area contributed by atoms with Crippen LogP contribution in [0.2, 0.25) is 0 Å². The third-order valence-corrected chi connectivity index (χ3v) is 5.81. The molecule has 158 valence electrons. The lowest BCUT2D eigenvalue weighted by atomic mass is 10.1. The standard InChI is InChI=1S/C23H14Br2N4O3/c24-18-9-14(10-19(25)21(18)32-13-16-6-2-1-5-15(16)11-26)12-27-29-22(30)17-7-3-4-8-20(17)28-23(29)31/h1-10,12H,13H2,(H,28,31). The molecule has 0 aliphatic heterocycles. The number of aromatic amines is 1. The lowest BCUT2D eigenvalue weighted by molar-refractivity contribution is 0.302. The van der Waals surface area contributed by atoms with Gasteiger partial charge in [-0.05, 0) is 67.8 Å². The van der Waals surface area contributed by atoms with Crippen LogP contribution in [0.25, 0.3) is 10.9 Å². The highest BCUT2D eigenvalue weighted by atomic mass is 79.9. The maximum absolute atomic E-state index is 12.6. The van der Waals surface area contributed by atoms with Crippen molar-refractivity contribution in [1.82, 2.24) is 9.66 Å². The molecular weight excluding hydrogens is 540 g/mol. The first kappa shape index (κ1) is 21.7. The number of fused-ring (bicyclic) bond motifs is 1. The van der Waals surface area contributed by atoms with Crippen molar-refractivity contribution in [3.05, 3.63) is 107 Å². The molecular formula is C23H14Br2N4O3. The number of para-hydroxylation sites is 1. The SMILES string of the molecule is N#Cc1ccccc1COc1c(Br)cc(C=Nn2c(=O)[nH]c3ccccc3c2=O)cc1Br. The number of H-pyrrole nitrogens is 1. The molecule has 0 atom stereocenters. The summed E-state index contributed by atoms with van der Waals surface area (Å²) in [6.45, 7) is 0.218. The Morgan fingerprint density at radius 1 is 1.06 bits per heavy atom. The van der Waals surface area contributed by atoms with Gasteiger partial charge >= 0.3 is 5.69 Å². The largest absolute Gasteiger partial charge is 0.486 e. The van der Waals surface area contributed by atoms with Crippen LogP contribution in [-0.2, 0) is 6.61 Å². The highest BCUT2D eigenvalue weighted by Gasteiger charge is 2.11. The van der Waals surface area contributed by atoms with Crippen molar-refractivity contribution < 1.29 is 4.74 Å². The van der Waals surface area contributed by atoms with Crippen LogP contribution in [0, 0.1) is 11.3 Å². The molecule has 0 fully saturated rings. The van der Waals surface area contributed by atoms with Crippen molar-refractivity contribution >= 4 is 49.0 Å². The zero-order valence-corrected chi connectivity index (χ0v) is 19.6. The number of nitriles is 1. The topological polar surface area (TPSA) is 100 Å². The molecule has 3 aromatic carbocycles. The molecule has 0 amide bonds. The van der Waals surface area contributed by atoms with E-state index in [0.29, 0.717) is 36.7 Å². The van der Waals surface area contributed by atoms with Gasteiger partial charge in [-0.1, -0.05) is 30.3 Å². The van der Waals surface area contributed by atoms with Crippen molar-refractivity contribution in [3.63, 3.8) is 0 Å². The Balaban J connectivity index is 1.61. The average molecular weight is 554 g/mol. The number of hydrogen-bond donors (Lipinski definition) is 1. The number of nitrogens with one attached hydrogen (secondary N) is 1. The second-order valence-corrected chi connectivity index (χ2v) is 8.42. The van der Waals surface area contributed by atoms with E-state index < -0.39 is 11.2 Å². The Morgan fingerprint density at radius 3 is 2.50 bits per heavy atom. The van der Waals surface area contributed by atoms with Crippen molar-refractivity contribution in [3.8, 4) is 11.8 Å². The van der Waals surface area contributed by atoms with Crippen molar-refractivity contribution in [1.29, 1.82) is 5.26 Å². The van der Waals surface area contributed by atoms with E-state index in [1.54, 1.807) is 48.5 Å². The molecule has 1 heterocycles. The van der Waals surface area contributed by atoms with Crippen LogP contribution in [0.15, 0.2) is 84.3 Å². The van der Waals surface area contributed by atoms with Gasteiger partial charge in [-0.25, -0.2) is 4.79 Å². The van der Waals surface area contributed by atoms with Crippen molar-refractivity contribution in [2.45, 2.75) is 6.61 Å². The predicted molar refractivity (Wildman–Crippen MR) is 129 cm³/mol. The van der Waals surface area contributed by atoms with E-state index in [1.165, 1.54) is 6.21 Å². The molecule has 4 rings (SSSR count). The third kappa shape index (κ3) is 4.42. The van der Waals surface area contributed by atoms with E-state index >= 15 is 0 Å². The summed E-state index contributed by atoms with van der Waals surface area (Å²) in [6.07, 6.45) is 1.41. The number of benzene rings is 3. The van der Waals surface area contributed by atoms with Gasteiger partial charge in [-0.2, -0.15) is 10.4 Å². The Hall–Kier alpha value is -3.48. The second kappa shape index (κ2) is 9.34. The Morgan fingerprint density at radius 2 is 1.75 bits per heavy atom. The van der Waals surface area contributed by atoms with E-state index in [-0.39, 0.29) is 6.61 Å². The Labute approximate surface area is 198 Å². The van der Waals surface area contributed by atoms with Gasteiger partial charge in [-0.3, -0.25) is 4.79 Å². The van der Waals surface area contributed by atoms with E-state index in [1.807, 2.05) is 12.1 Å².